The normalized spacial score (nSPS) is 10.4. The third kappa shape index (κ3) is 1.46. The topological polar surface area (TPSA) is 17.6 Å². The highest BCUT2D eigenvalue weighted by Crippen LogP contribution is 1.96. The minimum Gasteiger partial charge on any atom is -0.239 e. The molecule has 0 aromatic carbocycles. The van der Waals surface area contributed by atoms with Gasteiger partial charge < -0.3 is 0 Å². The molecule has 0 N–H and O–H groups in total. The van der Waals surface area contributed by atoms with Crippen molar-refractivity contribution in [1.82, 2.24) is 9.13 Å². The molecule has 0 unspecified atom stereocenters. The largest absolute Gasteiger partial charge is 0.289 e. The Labute approximate surface area is 83.0 Å². The Bertz CT molecular complexity index is 422. The molecule has 0 fully saturated rings. The predicted molar refractivity (Wildman–Crippen MR) is 50.9 cm³/mol. The van der Waals surface area contributed by atoms with Gasteiger partial charge in [0.05, 0.1) is 14.1 Å². The van der Waals surface area contributed by atoms with Crippen LogP contribution in [0.4, 0.5) is 0 Å². The lowest BCUT2D eigenvalue weighted by Crippen LogP contribution is -2.25. The number of hydrogen-bond acceptors (Lipinski definition) is 0. The predicted octanol–water partition coefficient (Wildman–Crippen LogP) is -0.268. The summed E-state index contributed by atoms with van der Waals surface area (Å²) < 4.78 is 7.91. The van der Waals surface area contributed by atoms with Gasteiger partial charge >= 0.3 is 0 Å². The van der Waals surface area contributed by atoms with Crippen molar-refractivity contribution >= 4 is 0 Å². The van der Waals surface area contributed by atoms with Crippen LogP contribution in [-0.2, 0) is 14.1 Å². The first-order valence-electron chi connectivity index (χ1n) is 4.43. The Morgan fingerprint density at radius 1 is 1.00 bits per heavy atom. The van der Waals surface area contributed by atoms with Crippen LogP contribution < -0.4 is 9.13 Å². The molecule has 2 rings (SSSR count). The second-order valence-electron chi connectivity index (χ2n) is 3.39. The van der Waals surface area contributed by atoms with E-state index < -0.39 is 0 Å². The number of aromatic nitrogens is 4. The summed E-state index contributed by atoms with van der Waals surface area (Å²) in [5, 5.41) is 0. The van der Waals surface area contributed by atoms with Gasteiger partial charge in [0.25, 0.3) is 18.5 Å². The van der Waals surface area contributed by atoms with Gasteiger partial charge in [-0.2, -0.15) is 9.13 Å². The van der Waals surface area contributed by atoms with E-state index in [-0.39, 0.29) is 0 Å². The van der Waals surface area contributed by atoms with Crippen molar-refractivity contribution in [2.75, 3.05) is 0 Å². The molecule has 0 saturated heterocycles. The number of rotatable bonds is 2. The molecule has 0 spiro atoms. The monoisotopic (exact) mass is 190 g/mol. The SMILES string of the molecule is C=C(n1cc[n+](C)c1)n1cc[n+](C)c1. The lowest BCUT2D eigenvalue weighted by atomic mass is 10.7. The van der Waals surface area contributed by atoms with Gasteiger partial charge in [-0.05, 0) is 6.58 Å². The number of nitrogens with zero attached hydrogens (tertiary/aromatic N) is 4. The van der Waals surface area contributed by atoms with E-state index in [9.17, 15) is 0 Å². The van der Waals surface area contributed by atoms with Gasteiger partial charge in [-0.1, -0.05) is 0 Å². The minimum atomic E-state index is 0.909. The van der Waals surface area contributed by atoms with Crippen LogP contribution in [0.1, 0.15) is 0 Å². The zero-order chi connectivity index (χ0) is 10.1. The van der Waals surface area contributed by atoms with Crippen molar-refractivity contribution in [3.05, 3.63) is 49.8 Å². The van der Waals surface area contributed by atoms with Crippen molar-refractivity contribution < 1.29 is 9.13 Å². The number of imidazole rings is 2. The van der Waals surface area contributed by atoms with Crippen molar-refractivity contribution in [1.29, 1.82) is 0 Å². The Kier molecular flexibility index (Phi) is 1.96. The zero-order valence-corrected chi connectivity index (χ0v) is 8.46. The summed E-state index contributed by atoms with van der Waals surface area (Å²) in [7, 11) is 3.97. The van der Waals surface area contributed by atoms with E-state index in [4.69, 9.17) is 0 Å². The molecule has 0 atom stereocenters. The zero-order valence-electron chi connectivity index (χ0n) is 8.46. The first-order valence-corrected chi connectivity index (χ1v) is 4.43. The second-order valence-corrected chi connectivity index (χ2v) is 3.39. The van der Waals surface area contributed by atoms with E-state index in [0.29, 0.717) is 0 Å². The maximum Gasteiger partial charge on any atom is 0.289 e. The van der Waals surface area contributed by atoms with Crippen LogP contribution in [0.2, 0.25) is 0 Å². The molecule has 0 amide bonds. The molecule has 2 aromatic rings. The molecule has 0 aliphatic rings. The lowest BCUT2D eigenvalue weighted by molar-refractivity contribution is -0.671. The Morgan fingerprint density at radius 2 is 1.43 bits per heavy atom. The molecule has 0 radical (unpaired) electrons. The molecular formula is C10H14N4+2. The van der Waals surface area contributed by atoms with E-state index in [1.807, 2.05) is 69.8 Å². The second kappa shape index (κ2) is 3.14. The number of aryl methyl sites for hydroxylation is 2. The quantitative estimate of drug-likeness (QED) is 0.580. The fourth-order valence-corrected chi connectivity index (χ4v) is 1.34. The van der Waals surface area contributed by atoms with Crippen LogP contribution in [0, 0.1) is 5.82 Å². The van der Waals surface area contributed by atoms with Crippen LogP contribution in [0.3, 0.4) is 0 Å². The summed E-state index contributed by atoms with van der Waals surface area (Å²) in [6, 6.07) is 0. The molecule has 4 heteroatoms. The third-order valence-corrected chi connectivity index (χ3v) is 2.13. The van der Waals surface area contributed by atoms with Gasteiger partial charge in [-0.25, -0.2) is 9.13 Å². The van der Waals surface area contributed by atoms with Gasteiger partial charge in [0.2, 0.25) is 0 Å². The highest BCUT2D eigenvalue weighted by Gasteiger charge is 2.12. The Morgan fingerprint density at radius 3 is 1.71 bits per heavy atom. The number of hydrogen-bond donors (Lipinski definition) is 0. The summed E-state index contributed by atoms with van der Waals surface area (Å²) >= 11 is 0. The van der Waals surface area contributed by atoms with E-state index in [2.05, 4.69) is 6.58 Å². The maximum atomic E-state index is 4.02. The fourth-order valence-electron chi connectivity index (χ4n) is 1.34. The first-order chi connectivity index (χ1) is 6.66. The van der Waals surface area contributed by atoms with Crippen LogP contribution in [0.5, 0.6) is 0 Å². The van der Waals surface area contributed by atoms with E-state index >= 15 is 0 Å². The Balaban J connectivity index is 2.33. The maximum absolute atomic E-state index is 4.02. The highest BCUT2D eigenvalue weighted by atomic mass is 15.2. The average Bonchev–Trinajstić information content (AvgIpc) is 2.73. The van der Waals surface area contributed by atoms with Gasteiger partial charge in [0.15, 0.2) is 0 Å². The lowest BCUT2D eigenvalue weighted by Gasteiger charge is -1.93. The summed E-state index contributed by atoms with van der Waals surface area (Å²) in [5.41, 5.74) is 0. The van der Waals surface area contributed by atoms with E-state index in [1.165, 1.54) is 0 Å². The summed E-state index contributed by atoms with van der Waals surface area (Å²) in [6.07, 6.45) is 11.9. The van der Waals surface area contributed by atoms with Crippen molar-refractivity contribution in [3.63, 3.8) is 0 Å². The first kappa shape index (κ1) is 8.74. The Hall–Kier alpha value is -1.84. The molecule has 0 bridgehead atoms. The minimum absolute atomic E-state index is 0.909. The smallest absolute Gasteiger partial charge is 0.239 e. The van der Waals surface area contributed by atoms with Crippen LogP contribution >= 0.6 is 0 Å². The molecule has 4 nitrogen and oxygen atoms in total. The van der Waals surface area contributed by atoms with E-state index in [1.54, 1.807) is 0 Å². The van der Waals surface area contributed by atoms with Gasteiger partial charge in [0.1, 0.15) is 24.8 Å². The summed E-state index contributed by atoms with van der Waals surface area (Å²) in [4.78, 5) is 0. The van der Waals surface area contributed by atoms with Crippen LogP contribution in [0.25, 0.3) is 0 Å². The molecule has 2 aromatic heterocycles. The highest BCUT2D eigenvalue weighted by molar-refractivity contribution is 4.91. The molecular weight excluding hydrogens is 176 g/mol. The molecule has 0 saturated carbocycles. The van der Waals surface area contributed by atoms with Crippen molar-refractivity contribution in [2.45, 2.75) is 0 Å². The van der Waals surface area contributed by atoms with Gasteiger partial charge in [-0.15, -0.1) is 0 Å². The van der Waals surface area contributed by atoms with Gasteiger partial charge in [0, 0.05) is 0 Å². The summed E-state index contributed by atoms with van der Waals surface area (Å²) in [5.74, 6) is 0.909. The van der Waals surface area contributed by atoms with Crippen LogP contribution in [-0.4, -0.2) is 9.13 Å². The molecule has 2 heterocycles. The molecule has 72 valence electrons. The van der Waals surface area contributed by atoms with Gasteiger partial charge in [-0.3, -0.25) is 0 Å². The molecule has 0 aliphatic carbocycles. The van der Waals surface area contributed by atoms with Crippen molar-refractivity contribution in [2.24, 2.45) is 14.1 Å². The molecule has 14 heavy (non-hydrogen) atoms. The fraction of sp³-hybridized carbons (Fsp3) is 0.200. The van der Waals surface area contributed by atoms with Crippen LogP contribution in [0.15, 0.2) is 44.0 Å². The van der Waals surface area contributed by atoms with E-state index in [0.717, 1.165) is 5.82 Å². The average molecular weight is 190 g/mol. The van der Waals surface area contributed by atoms with Crippen molar-refractivity contribution in [3.8, 4) is 0 Å². The third-order valence-electron chi connectivity index (χ3n) is 2.13. The summed E-state index contributed by atoms with van der Waals surface area (Å²) in [6.45, 7) is 4.02. The molecule has 0 aliphatic heterocycles. The standard InChI is InChI=1S/C10H14N4/c1-10(13-6-4-11(2)8-13)14-7-5-12(3)9-14/h4-9H,1H2,2-3H3/q+2.